The van der Waals surface area contributed by atoms with E-state index in [-0.39, 0.29) is 0 Å². The van der Waals surface area contributed by atoms with Gasteiger partial charge >= 0.3 is 0 Å². The fraction of sp³-hybridized carbons (Fsp3) is 0.500. The zero-order valence-electron chi connectivity index (χ0n) is 10.2. The maximum Gasteiger partial charge on any atom is -0.00614 e. The molecule has 0 N–H and O–H groups in total. The number of rotatable bonds is 0. The van der Waals surface area contributed by atoms with E-state index < -0.39 is 0 Å². The van der Waals surface area contributed by atoms with Gasteiger partial charge < -0.3 is 0 Å². The van der Waals surface area contributed by atoms with E-state index in [9.17, 15) is 0 Å². The van der Waals surface area contributed by atoms with Crippen LogP contribution in [-0.2, 0) is 12.8 Å². The van der Waals surface area contributed by atoms with Crippen LogP contribution in [0.1, 0.15) is 31.4 Å². The van der Waals surface area contributed by atoms with Gasteiger partial charge in [0.1, 0.15) is 0 Å². The van der Waals surface area contributed by atoms with Crippen LogP contribution in [0.5, 0.6) is 0 Å². The van der Waals surface area contributed by atoms with Crippen molar-refractivity contribution in [3.63, 3.8) is 0 Å². The van der Waals surface area contributed by atoms with Crippen molar-refractivity contribution in [2.45, 2.75) is 33.1 Å². The molecule has 0 nitrogen and oxygen atoms in total. The number of fused-ring (bicyclic) bond motifs is 2. The van der Waals surface area contributed by atoms with E-state index in [4.69, 9.17) is 0 Å². The van der Waals surface area contributed by atoms with Crippen LogP contribution in [0.2, 0.25) is 0 Å². The van der Waals surface area contributed by atoms with Crippen molar-refractivity contribution in [1.29, 1.82) is 0 Å². The molecular weight excluding hydrogens is 192 g/mol. The third-order valence-electron chi connectivity index (χ3n) is 4.53. The van der Waals surface area contributed by atoms with Gasteiger partial charge in [-0.15, -0.1) is 0 Å². The standard InChI is InChI=1S/C16H20/c1-11-7-15-9-13-5-3-4-6-14(13)10-16(15)8-12(11)2/h3-7,11-12,16H,8-10H2,1-2H3. The van der Waals surface area contributed by atoms with E-state index in [0.29, 0.717) is 0 Å². The average molecular weight is 212 g/mol. The van der Waals surface area contributed by atoms with Crippen molar-refractivity contribution in [1.82, 2.24) is 0 Å². The summed E-state index contributed by atoms with van der Waals surface area (Å²) < 4.78 is 0. The molecule has 3 unspecified atom stereocenters. The molecule has 0 heterocycles. The minimum Gasteiger partial charge on any atom is -0.0816 e. The summed E-state index contributed by atoms with van der Waals surface area (Å²) in [7, 11) is 0. The summed E-state index contributed by atoms with van der Waals surface area (Å²) in [4.78, 5) is 0. The molecule has 2 aliphatic rings. The van der Waals surface area contributed by atoms with Crippen molar-refractivity contribution in [2.24, 2.45) is 17.8 Å². The maximum atomic E-state index is 2.55. The molecule has 16 heavy (non-hydrogen) atoms. The Labute approximate surface area is 98.4 Å². The molecule has 0 heteroatoms. The van der Waals surface area contributed by atoms with Gasteiger partial charge in [-0.25, -0.2) is 0 Å². The third kappa shape index (κ3) is 1.61. The molecule has 84 valence electrons. The van der Waals surface area contributed by atoms with Gasteiger partial charge in [-0.05, 0) is 48.1 Å². The Morgan fingerprint density at radius 1 is 1.06 bits per heavy atom. The summed E-state index contributed by atoms with van der Waals surface area (Å²) in [6.07, 6.45) is 6.42. The average Bonchev–Trinajstić information content (AvgIpc) is 2.28. The molecule has 0 saturated heterocycles. The summed E-state index contributed by atoms with van der Waals surface area (Å²) in [6.45, 7) is 4.77. The van der Waals surface area contributed by atoms with Crippen molar-refractivity contribution in [2.75, 3.05) is 0 Å². The van der Waals surface area contributed by atoms with Gasteiger partial charge in [0.2, 0.25) is 0 Å². The molecule has 0 fully saturated rings. The lowest BCUT2D eigenvalue weighted by Crippen LogP contribution is -2.26. The molecule has 3 atom stereocenters. The maximum absolute atomic E-state index is 2.55. The zero-order chi connectivity index (χ0) is 11.1. The second-order valence-electron chi connectivity index (χ2n) is 5.66. The molecule has 0 radical (unpaired) electrons. The van der Waals surface area contributed by atoms with E-state index in [1.54, 1.807) is 16.7 Å². The monoisotopic (exact) mass is 212 g/mol. The molecular formula is C16H20. The minimum absolute atomic E-state index is 0.775. The molecule has 0 saturated carbocycles. The van der Waals surface area contributed by atoms with Gasteiger partial charge in [0, 0.05) is 0 Å². The van der Waals surface area contributed by atoms with E-state index in [0.717, 1.165) is 17.8 Å². The number of hydrogen-bond acceptors (Lipinski definition) is 0. The zero-order valence-corrected chi connectivity index (χ0v) is 10.2. The fourth-order valence-electron chi connectivity index (χ4n) is 3.28. The Balaban J connectivity index is 1.96. The normalized spacial score (nSPS) is 32.6. The van der Waals surface area contributed by atoms with Gasteiger partial charge in [-0.2, -0.15) is 0 Å². The summed E-state index contributed by atoms with van der Waals surface area (Å²) in [5.74, 6) is 2.47. The topological polar surface area (TPSA) is 0 Å². The highest BCUT2D eigenvalue weighted by atomic mass is 14.3. The van der Waals surface area contributed by atoms with Gasteiger partial charge in [-0.3, -0.25) is 0 Å². The second kappa shape index (κ2) is 3.76. The Morgan fingerprint density at radius 2 is 1.81 bits per heavy atom. The van der Waals surface area contributed by atoms with E-state index in [1.165, 1.54) is 19.3 Å². The second-order valence-corrected chi connectivity index (χ2v) is 5.66. The fourth-order valence-corrected chi connectivity index (χ4v) is 3.28. The predicted octanol–water partition coefficient (Wildman–Crippen LogP) is 4.00. The van der Waals surface area contributed by atoms with Crippen LogP contribution in [0.25, 0.3) is 0 Å². The van der Waals surface area contributed by atoms with Gasteiger partial charge in [0.05, 0.1) is 0 Å². The van der Waals surface area contributed by atoms with Crippen molar-refractivity contribution >= 4 is 0 Å². The third-order valence-corrected chi connectivity index (χ3v) is 4.53. The molecule has 0 spiro atoms. The lowest BCUT2D eigenvalue weighted by Gasteiger charge is -2.36. The highest BCUT2D eigenvalue weighted by molar-refractivity contribution is 5.37. The summed E-state index contributed by atoms with van der Waals surface area (Å²) in [6, 6.07) is 8.97. The van der Waals surface area contributed by atoms with Crippen LogP contribution < -0.4 is 0 Å². The van der Waals surface area contributed by atoms with Crippen molar-refractivity contribution in [3.8, 4) is 0 Å². The summed E-state index contributed by atoms with van der Waals surface area (Å²) in [5.41, 5.74) is 4.86. The lowest BCUT2D eigenvalue weighted by molar-refractivity contribution is 0.326. The minimum atomic E-state index is 0.775. The molecule has 0 aliphatic heterocycles. The number of allylic oxidation sites excluding steroid dienone is 2. The largest absolute Gasteiger partial charge is 0.0816 e. The van der Waals surface area contributed by atoms with Crippen LogP contribution in [0, 0.1) is 17.8 Å². The predicted molar refractivity (Wildman–Crippen MR) is 68.4 cm³/mol. The molecule has 2 aliphatic carbocycles. The van der Waals surface area contributed by atoms with Crippen molar-refractivity contribution < 1.29 is 0 Å². The highest BCUT2D eigenvalue weighted by Crippen LogP contribution is 2.40. The van der Waals surface area contributed by atoms with E-state index in [1.807, 2.05) is 0 Å². The van der Waals surface area contributed by atoms with E-state index >= 15 is 0 Å². The quantitative estimate of drug-likeness (QED) is 0.570. The first-order valence-electron chi connectivity index (χ1n) is 6.51. The first kappa shape index (κ1) is 10.1. The van der Waals surface area contributed by atoms with E-state index in [2.05, 4.69) is 44.2 Å². The SMILES string of the molecule is CC1C=C2Cc3ccccc3CC2CC1C. The molecule has 0 aromatic heterocycles. The Kier molecular flexibility index (Phi) is 2.38. The Hall–Kier alpha value is -1.04. The van der Waals surface area contributed by atoms with Crippen LogP contribution in [-0.4, -0.2) is 0 Å². The van der Waals surface area contributed by atoms with Crippen LogP contribution in [0.3, 0.4) is 0 Å². The Bertz CT molecular complexity index is 427. The molecule has 3 rings (SSSR count). The molecule has 1 aromatic carbocycles. The highest BCUT2D eigenvalue weighted by Gasteiger charge is 2.29. The molecule has 0 amide bonds. The first-order chi connectivity index (χ1) is 7.74. The summed E-state index contributed by atoms with van der Waals surface area (Å²) in [5, 5.41) is 0. The Morgan fingerprint density at radius 3 is 2.62 bits per heavy atom. The smallest absolute Gasteiger partial charge is 0.00614 e. The van der Waals surface area contributed by atoms with Gasteiger partial charge in [-0.1, -0.05) is 49.8 Å². The lowest BCUT2D eigenvalue weighted by atomic mass is 9.69. The van der Waals surface area contributed by atoms with Crippen LogP contribution in [0.4, 0.5) is 0 Å². The van der Waals surface area contributed by atoms with Crippen LogP contribution in [0.15, 0.2) is 35.9 Å². The molecule has 1 aromatic rings. The van der Waals surface area contributed by atoms with Gasteiger partial charge in [0.15, 0.2) is 0 Å². The van der Waals surface area contributed by atoms with Gasteiger partial charge in [0.25, 0.3) is 0 Å². The molecule has 0 bridgehead atoms. The number of benzene rings is 1. The number of hydrogen-bond donors (Lipinski definition) is 0. The van der Waals surface area contributed by atoms with Crippen molar-refractivity contribution in [3.05, 3.63) is 47.0 Å². The first-order valence-corrected chi connectivity index (χ1v) is 6.51. The van der Waals surface area contributed by atoms with Crippen LogP contribution >= 0.6 is 0 Å². The summed E-state index contributed by atoms with van der Waals surface area (Å²) >= 11 is 0.